The van der Waals surface area contributed by atoms with E-state index in [0.29, 0.717) is 5.92 Å². The molecule has 0 aliphatic heterocycles. The first-order chi connectivity index (χ1) is 18.9. The largest absolute Gasteiger partial charge is 0.310 e. The summed E-state index contributed by atoms with van der Waals surface area (Å²) in [7, 11) is 0. The molecule has 0 heterocycles. The highest BCUT2D eigenvalue weighted by Gasteiger charge is 2.52. The Morgan fingerprint density at radius 2 is 1.26 bits per heavy atom. The first kappa shape index (κ1) is 22.8. The van der Waals surface area contributed by atoms with E-state index in [1.807, 2.05) is 0 Å². The summed E-state index contributed by atoms with van der Waals surface area (Å²) >= 11 is 0. The van der Waals surface area contributed by atoms with Gasteiger partial charge in [-0.25, -0.2) is 0 Å². The predicted molar refractivity (Wildman–Crippen MR) is 164 cm³/mol. The highest BCUT2D eigenvalue weighted by molar-refractivity contribution is 6.13. The summed E-state index contributed by atoms with van der Waals surface area (Å²) in [6.07, 6.45) is 5.95. The highest BCUT2D eigenvalue weighted by atomic mass is 15.1. The third kappa shape index (κ3) is 2.91. The van der Waals surface area contributed by atoms with E-state index in [0.717, 1.165) is 6.42 Å². The number of nitrogens with zero attached hydrogens (tertiary/aromatic N) is 1. The van der Waals surface area contributed by atoms with E-state index < -0.39 is 0 Å². The maximum Gasteiger partial charge on any atom is 0.0468 e. The van der Waals surface area contributed by atoms with Gasteiger partial charge >= 0.3 is 0 Å². The Labute approximate surface area is 231 Å². The van der Waals surface area contributed by atoms with Crippen LogP contribution in [0.1, 0.15) is 67.9 Å². The monoisotopic (exact) mass is 503 g/mol. The molecule has 0 bridgehead atoms. The van der Waals surface area contributed by atoms with Crippen molar-refractivity contribution in [3.8, 4) is 0 Å². The molecule has 0 aromatic heterocycles. The van der Waals surface area contributed by atoms with E-state index in [-0.39, 0.29) is 10.8 Å². The van der Waals surface area contributed by atoms with Gasteiger partial charge in [0.25, 0.3) is 0 Å². The third-order valence-electron chi connectivity index (χ3n) is 9.72. The van der Waals surface area contributed by atoms with Crippen LogP contribution in [0.3, 0.4) is 0 Å². The van der Waals surface area contributed by atoms with E-state index in [1.54, 1.807) is 5.57 Å². The van der Waals surface area contributed by atoms with Gasteiger partial charge in [-0.05, 0) is 92.9 Å². The molecule has 1 heteroatoms. The molecular weight excluding hydrogens is 470 g/mol. The van der Waals surface area contributed by atoms with Crippen molar-refractivity contribution in [2.45, 2.75) is 50.9 Å². The molecule has 4 aliphatic carbocycles. The molecule has 1 atom stereocenters. The number of hydrogen-bond acceptors (Lipinski definition) is 1. The molecule has 0 radical (unpaired) electrons. The zero-order valence-electron chi connectivity index (χ0n) is 23.1. The molecule has 1 unspecified atom stereocenters. The van der Waals surface area contributed by atoms with Gasteiger partial charge in [0, 0.05) is 33.8 Å². The number of anilines is 3. The Hall–Kier alpha value is -4.10. The summed E-state index contributed by atoms with van der Waals surface area (Å²) in [5.74, 6) is 0.443. The molecular formula is C38H33N. The quantitative estimate of drug-likeness (QED) is 0.269. The number of allylic oxidation sites excluding steroid dienone is 6. The normalized spacial score (nSPS) is 20.6. The van der Waals surface area contributed by atoms with Gasteiger partial charge in [0.15, 0.2) is 0 Å². The van der Waals surface area contributed by atoms with Gasteiger partial charge < -0.3 is 4.90 Å². The van der Waals surface area contributed by atoms with Crippen LogP contribution in [-0.2, 0) is 10.8 Å². The Balaban J connectivity index is 1.47. The van der Waals surface area contributed by atoms with Crippen LogP contribution in [0.4, 0.5) is 17.1 Å². The lowest BCUT2D eigenvalue weighted by Gasteiger charge is -2.44. The second kappa shape index (κ2) is 7.73. The first-order valence-corrected chi connectivity index (χ1v) is 14.2. The smallest absolute Gasteiger partial charge is 0.0468 e. The molecule has 1 nitrogen and oxygen atoms in total. The Morgan fingerprint density at radius 1 is 0.667 bits per heavy atom. The lowest BCUT2D eigenvalue weighted by atomic mass is 9.59. The molecule has 0 N–H and O–H groups in total. The predicted octanol–water partition coefficient (Wildman–Crippen LogP) is 10.0. The summed E-state index contributed by atoms with van der Waals surface area (Å²) in [5, 5.41) is 0. The minimum atomic E-state index is -0.102. The molecule has 4 aromatic rings. The van der Waals surface area contributed by atoms with Crippen LogP contribution in [0, 0.1) is 0 Å². The molecule has 0 amide bonds. The third-order valence-corrected chi connectivity index (χ3v) is 9.72. The average Bonchev–Trinajstić information content (AvgIpc) is 3.20. The molecule has 39 heavy (non-hydrogen) atoms. The van der Waals surface area contributed by atoms with Crippen molar-refractivity contribution in [1.82, 2.24) is 0 Å². The number of fused-ring (bicyclic) bond motifs is 3. The van der Waals surface area contributed by atoms with Gasteiger partial charge in [0.1, 0.15) is 0 Å². The number of hydrogen-bond donors (Lipinski definition) is 0. The topological polar surface area (TPSA) is 3.24 Å². The van der Waals surface area contributed by atoms with Crippen LogP contribution in [-0.4, -0.2) is 0 Å². The zero-order chi connectivity index (χ0) is 26.5. The molecule has 0 fully saturated rings. The van der Waals surface area contributed by atoms with Crippen LogP contribution < -0.4 is 4.90 Å². The average molecular weight is 504 g/mol. The second-order valence-electron chi connectivity index (χ2n) is 12.5. The maximum absolute atomic E-state index is 2.50. The highest BCUT2D eigenvalue weighted by Crippen LogP contribution is 2.66. The van der Waals surface area contributed by atoms with Crippen molar-refractivity contribution < 1.29 is 0 Å². The Kier molecular flexibility index (Phi) is 4.53. The van der Waals surface area contributed by atoms with E-state index in [1.165, 1.54) is 61.6 Å². The fourth-order valence-corrected chi connectivity index (χ4v) is 7.95. The van der Waals surface area contributed by atoms with Crippen molar-refractivity contribution in [3.05, 3.63) is 148 Å². The Morgan fingerprint density at radius 3 is 1.92 bits per heavy atom. The molecule has 8 rings (SSSR count). The van der Waals surface area contributed by atoms with Gasteiger partial charge in [-0.2, -0.15) is 0 Å². The van der Waals surface area contributed by atoms with Crippen molar-refractivity contribution in [1.29, 1.82) is 0 Å². The van der Waals surface area contributed by atoms with Crippen LogP contribution in [0.2, 0.25) is 0 Å². The molecule has 190 valence electrons. The molecule has 4 aromatic carbocycles. The lowest BCUT2D eigenvalue weighted by Crippen LogP contribution is -2.31. The molecule has 0 saturated carbocycles. The minimum Gasteiger partial charge on any atom is -0.310 e. The fraction of sp³-hybridized carbons (Fsp3) is 0.211. The van der Waals surface area contributed by atoms with Gasteiger partial charge in [0.05, 0.1) is 0 Å². The van der Waals surface area contributed by atoms with Gasteiger partial charge in [-0.15, -0.1) is 0 Å². The van der Waals surface area contributed by atoms with E-state index in [4.69, 9.17) is 0 Å². The van der Waals surface area contributed by atoms with Gasteiger partial charge in [0.2, 0.25) is 0 Å². The molecule has 0 saturated heterocycles. The van der Waals surface area contributed by atoms with Crippen molar-refractivity contribution in [2.24, 2.45) is 0 Å². The van der Waals surface area contributed by atoms with E-state index in [9.17, 15) is 0 Å². The molecule has 0 spiro atoms. The van der Waals surface area contributed by atoms with Crippen LogP contribution >= 0.6 is 0 Å². The van der Waals surface area contributed by atoms with Crippen LogP contribution in [0.25, 0.3) is 11.1 Å². The van der Waals surface area contributed by atoms with Crippen molar-refractivity contribution in [2.75, 3.05) is 4.90 Å². The van der Waals surface area contributed by atoms with E-state index >= 15 is 0 Å². The summed E-state index contributed by atoms with van der Waals surface area (Å²) in [6, 6.07) is 35.8. The molecule has 4 aliphatic rings. The van der Waals surface area contributed by atoms with Crippen molar-refractivity contribution >= 4 is 28.2 Å². The number of rotatable bonds is 3. The van der Waals surface area contributed by atoms with Gasteiger partial charge in [-0.1, -0.05) is 101 Å². The lowest BCUT2D eigenvalue weighted by molar-refractivity contribution is 0.605. The van der Waals surface area contributed by atoms with Crippen LogP contribution in [0.5, 0.6) is 0 Å². The summed E-state index contributed by atoms with van der Waals surface area (Å²) < 4.78 is 0. The fourth-order valence-electron chi connectivity index (χ4n) is 7.95. The zero-order valence-corrected chi connectivity index (χ0v) is 23.1. The Bertz CT molecular complexity index is 1720. The maximum atomic E-state index is 2.50. The van der Waals surface area contributed by atoms with Crippen molar-refractivity contribution in [3.63, 3.8) is 0 Å². The summed E-state index contributed by atoms with van der Waals surface area (Å²) in [5.41, 5.74) is 16.9. The number of para-hydroxylation sites is 2. The van der Waals surface area contributed by atoms with Gasteiger partial charge in [-0.3, -0.25) is 0 Å². The minimum absolute atomic E-state index is 0.0923. The summed E-state index contributed by atoms with van der Waals surface area (Å²) in [6.45, 7) is 9.79. The van der Waals surface area contributed by atoms with Crippen LogP contribution in [0.15, 0.2) is 120 Å². The SMILES string of the molecule is CC1(C)C2=C3C4=C(c5ccccc5C3CC=C2)C(C)(C)c2cc(N(c3ccccc3)c3ccccc3)cc1c24. The second-order valence-corrected chi connectivity index (χ2v) is 12.5. The first-order valence-electron chi connectivity index (χ1n) is 14.2. The summed E-state index contributed by atoms with van der Waals surface area (Å²) in [4.78, 5) is 2.43. The number of benzene rings is 4. The standard InChI is InChI=1S/C38H33N/c1-37(2)30-21-13-20-28-27-18-11-12-19-29(27)36-35(33(28)30)34-31(37)22-26(23-32(34)38(36,3)4)39(24-14-7-5-8-15-24)25-16-9-6-10-17-25/h5-19,21-23,28H,20H2,1-4H3. The van der Waals surface area contributed by atoms with E-state index in [2.05, 4.69) is 142 Å².